The number of rotatable bonds is 8. The lowest BCUT2D eigenvalue weighted by Gasteiger charge is -2.27. The third-order valence-corrected chi connectivity index (χ3v) is 11.8. The summed E-state index contributed by atoms with van der Waals surface area (Å²) in [5.41, 5.74) is 12.1. The van der Waals surface area contributed by atoms with E-state index in [4.69, 9.17) is 15.0 Å². The van der Waals surface area contributed by atoms with Crippen molar-refractivity contribution in [3.63, 3.8) is 0 Å². The van der Waals surface area contributed by atoms with Crippen molar-refractivity contribution in [3.05, 3.63) is 231 Å². The van der Waals surface area contributed by atoms with Gasteiger partial charge in [-0.05, 0) is 91.0 Å². The van der Waals surface area contributed by atoms with E-state index in [0.29, 0.717) is 17.5 Å². The molecule has 0 unspecified atom stereocenters. The molecule has 3 aromatic heterocycles. The van der Waals surface area contributed by atoms with Gasteiger partial charge in [0.2, 0.25) is 0 Å². The van der Waals surface area contributed by atoms with Gasteiger partial charge in [0.05, 0.1) is 38.8 Å². The predicted molar refractivity (Wildman–Crippen MR) is 257 cm³/mol. The van der Waals surface area contributed by atoms with Crippen molar-refractivity contribution in [1.29, 1.82) is 0 Å². The van der Waals surface area contributed by atoms with Gasteiger partial charge in [-0.1, -0.05) is 140 Å². The molecule has 63 heavy (non-hydrogen) atoms. The predicted octanol–water partition coefficient (Wildman–Crippen LogP) is 14.1. The number of hydrogen-bond acceptors (Lipinski definition) is 4. The minimum absolute atomic E-state index is 0.568. The molecule has 0 bridgehead atoms. The standard InChI is InChI=1S/C57H36N6/c1-4-20-39(21-5-1)55-58-56(46-29-13-18-34-52(46)61(40-22-6-2-7-23-40)41-24-8-3-9-25-41)60-57(59-55)47-30-14-19-35-53(47)63-51-33-17-12-28-45(51)48-38-42(36-37-54(48)63)62-49-31-15-10-26-43(49)44-27-11-16-32-50(44)62/h1-11,13-27,29-38H. The van der Waals surface area contributed by atoms with E-state index in [1.54, 1.807) is 0 Å². The first kappa shape index (κ1) is 36.1. The van der Waals surface area contributed by atoms with Crippen molar-refractivity contribution >= 4 is 60.7 Å². The summed E-state index contributed by atoms with van der Waals surface area (Å²) in [6, 6.07) is 82.5. The van der Waals surface area contributed by atoms with Crippen LogP contribution < -0.4 is 4.90 Å². The fourth-order valence-electron chi connectivity index (χ4n) is 9.05. The van der Waals surface area contributed by atoms with Gasteiger partial charge in [0.15, 0.2) is 17.5 Å². The summed E-state index contributed by atoms with van der Waals surface area (Å²) in [6.07, 6.45) is 0. The minimum atomic E-state index is 0.568. The fourth-order valence-corrected chi connectivity index (χ4v) is 9.05. The van der Waals surface area contributed by atoms with Crippen LogP contribution in [0.15, 0.2) is 218 Å². The lowest BCUT2D eigenvalue weighted by Crippen LogP contribution is -2.12. The van der Waals surface area contributed by atoms with E-state index in [0.717, 1.165) is 66.9 Å². The summed E-state index contributed by atoms with van der Waals surface area (Å²) in [5, 5.41) is 4.52. The van der Waals surface area contributed by atoms with Gasteiger partial charge < -0.3 is 14.0 Å². The lowest BCUT2D eigenvalue weighted by molar-refractivity contribution is 1.06. The number of para-hydroxylation sites is 6. The molecule has 9 aromatic carbocycles. The molecule has 0 saturated heterocycles. The molecule has 0 fully saturated rings. The van der Waals surface area contributed by atoms with Crippen LogP contribution in [0.5, 0.6) is 0 Å². The third-order valence-electron chi connectivity index (χ3n) is 11.8. The zero-order valence-electron chi connectivity index (χ0n) is 34.0. The second-order valence-corrected chi connectivity index (χ2v) is 15.5. The van der Waals surface area contributed by atoms with E-state index in [2.05, 4.69) is 202 Å². The van der Waals surface area contributed by atoms with E-state index in [9.17, 15) is 0 Å². The van der Waals surface area contributed by atoms with Crippen molar-refractivity contribution in [2.24, 2.45) is 0 Å². The Labute approximate surface area is 364 Å². The molecule has 0 N–H and O–H groups in total. The summed E-state index contributed by atoms with van der Waals surface area (Å²) < 4.78 is 4.67. The summed E-state index contributed by atoms with van der Waals surface area (Å²) in [7, 11) is 0. The molecule has 6 heteroatoms. The Morgan fingerprint density at radius 2 is 0.937 bits per heavy atom. The second-order valence-electron chi connectivity index (χ2n) is 15.5. The molecule has 0 atom stereocenters. The van der Waals surface area contributed by atoms with E-state index in [-0.39, 0.29) is 0 Å². The minimum Gasteiger partial charge on any atom is -0.310 e. The summed E-state index contributed by atoms with van der Waals surface area (Å²) >= 11 is 0. The molecule has 0 amide bonds. The Morgan fingerprint density at radius 1 is 0.397 bits per heavy atom. The van der Waals surface area contributed by atoms with Crippen LogP contribution in [-0.4, -0.2) is 24.1 Å². The highest BCUT2D eigenvalue weighted by atomic mass is 15.2. The molecule has 0 aliphatic carbocycles. The first-order valence-corrected chi connectivity index (χ1v) is 21.0. The zero-order valence-corrected chi connectivity index (χ0v) is 34.0. The average molecular weight is 805 g/mol. The Bertz CT molecular complexity index is 3540. The van der Waals surface area contributed by atoms with E-state index in [1.165, 1.54) is 21.8 Å². The molecule has 294 valence electrons. The van der Waals surface area contributed by atoms with E-state index >= 15 is 0 Å². The van der Waals surface area contributed by atoms with Gasteiger partial charge in [-0.3, -0.25) is 0 Å². The Hall–Kier alpha value is -8.79. The molecule has 12 rings (SSSR count). The summed E-state index contributed by atoms with van der Waals surface area (Å²) in [5.74, 6) is 1.73. The first-order valence-electron chi connectivity index (χ1n) is 21.0. The van der Waals surface area contributed by atoms with Crippen LogP contribution in [0.4, 0.5) is 17.1 Å². The third kappa shape index (κ3) is 6.10. The smallest absolute Gasteiger partial charge is 0.166 e. The van der Waals surface area contributed by atoms with Gasteiger partial charge in [-0.2, -0.15) is 0 Å². The molecule has 0 spiro atoms. The maximum atomic E-state index is 5.39. The number of anilines is 3. The quantitative estimate of drug-likeness (QED) is 0.153. The van der Waals surface area contributed by atoms with Crippen LogP contribution in [0.25, 0.3) is 89.2 Å². The van der Waals surface area contributed by atoms with Gasteiger partial charge in [-0.15, -0.1) is 0 Å². The number of nitrogens with zero attached hydrogens (tertiary/aromatic N) is 6. The molecule has 0 radical (unpaired) electrons. The average Bonchev–Trinajstić information content (AvgIpc) is 3.87. The number of hydrogen-bond donors (Lipinski definition) is 0. The van der Waals surface area contributed by atoms with Crippen LogP contribution in [-0.2, 0) is 0 Å². The zero-order chi connectivity index (χ0) is 41.7. The maximum Gasteiger partial charge on any atom is 0.166 e. The van der Waals surface area contributed by atoms with Crippen LogP contribution in [0.3, 0.4) is 0 Å². The fraction of sp³-hybridized carbons (Fsp3) is 0. The molecule has 12 aromatic rings. The van der Waals surface area contributed by atoms with Crippen LogP contribution >= 0.6 is 0 Å². The molecule has 0 aliphatic rings. The molecule has 0 aliphatic heterocycles. The number of benzene rings is 8. The number of fused-ring (bicyclic) bond motifs is 6. The van der Waals surface area contributed by atoms with Crippen molar-refractivity contribution in [3.8, 4) is 45.5 Å². The van der Waals surface area contributed by atoms with Crippen molar-refractivity contribution in [2.75, 3.05) is 4.90 Å². The Balaban J connectivity index is 1.07. The molecular weight excluding hydrogens is 769 g/mol. The summed E-state index contributed by atoms with van der Waals surface area (Å²) in [4.78, 5) is 18.1. The summed E-state index contributed by atoms with van der Waals surface area (Å²) in [6.45, 7) is 0. The number of aromatic nitrogens is 5. The van der Waals surface area contributed by atoms with Crippen LogP contribution in [0.1, 0.15) is 0 Å². The topological polar surface area (TPSA) is 51.8 Å². The van der Waals surface area contributed by atoms with E-state index < -0.39 is 0 Å². The van der Waals surface area contributed by atoms with Crippen molar-refractivity contribution < 1.29 is 0 Å². The Kier molecular flexibility index (Phi) is 8.62. The first-order chi connectivity index (χ1) is 31.3. The largest absolute Gasteiger partial charge is 0.310 e. The van der Waals surface area contributed by atoms with E-state index in [1.807, 2.05) is 42.5 Å². The second kappa shape index (κ2) is 15.0. The molecule has 0 saturated carbocycles. The lowest BCUT2D eigenvalue weighted by atomic mass is 10.1. The highest BCUT2D eigenvalue weighted by Gasteiger charge is 2.23. The van der Waals surface area contributed by atoms with Crippen LogP contribution in [0.2, 0.25) is 0 Å². The normalized spacial score (nSPS) is 11.4. The van der Waals surface area contributed by atoms with Gasteiger partial charge >= 0.3 is 0 Å². The van der Waals surface area contributed by atoms with Crippen molar-refractivity contribution in [1.82, 2.24) is 24.1 Å². The molecule has 6 nitrogen and oxygen atoms in total. The highest BCUT2D eigenvalue weighted by Crippen LogP contribution is 2.42. The SMILES string of the molecule is c1ccc2c(c#1)c1cc(-n3c4ccccc4c4ccccc43)ccc1n2-c1ccccc1-c1nc(-c2ccccc2)nc(-c2ccccc2N(c2ccccc2)c2ccccc2)n1. The van der Waals surface area contributed by atoms with Gasteiger partial charge in [0.1, 0.15) is 0 Å². The van der Waals surface area contributed by atoms with Crippen LogP contribution in [0, 0.1) is 12.1 Å². The van der Waals surface area contributed by atoms with Gasteiger partial charge in [0, 0.05) is 49.9 Å². The Morgan fingerprint density at radius 3 is 1.63 bits per heavy atom. The highest BCUT2D eigenvalue weighted by molar-refractivity contribution is 6.12. The molecule has 3 heterocycles. The van der Waals surface area contributed by atoms with Gasteiger partial charge in [-0.25, -0.2) is 15.0 Å². The molecular formula is C57H36N6. The van der Waals surface area contributed by atoms with Gasteiger partial charge in [0.25, 0.3) is 0 Å². The monoisotopic (exact) mass is 804 g/mol. The maximum absolute atomic E-state index is 5.39. The van der Waals surface area contributed by atoms with Crippen molar-refractivity contribution in [2.45, 2.75) is 0 Å².